The molecule has 0 atom stereocenters. The molecule has 4 rings (SSSR count). The van der Waals surface area contributed by atoms with Crippen LogP contribution in [-0.4, -0.2) is 82.8 Å². The Hall–Kier alpha value is -4.31. The number of aromatic nitrogens is 4. The van der Waals surface area contributed by atoms with Crippen molar-refractivity contribution in [3.63, 3.8) is 0 Å². The Labute approximate surface area is 209 Å². The number of carbonyl (C=O) groups excluding carboxylic acids is 2. The number of carbonyl (C=O) groups is 2. The molecule has 0 aliphatic carbocycles. The highest BCUT2D eigenvalue weighted by atomic mass is 16.5. The molecule has 3 heterocycles. The fourth-order valence-corrected chi connectivity index (χ4v) is 3.76. The second-order valence-corrected chi connectivity index (χ2v) is 8.69. The van der Waals surface area contributed by atoms with Gasteiger partial charge in [-0.2, -0.15) is 5.10 Å². The van der Waals surface area contributed by atoms with E-state index in [2.05, 4.69) is 15.1 Å². The third-order valence-electron chi connectivity index (χ3n) is 5.94. The van der Waals surface area contributed by atoms with Crippen LogP contribution in [0.3, 0.4) is 0 Å². The molecule has 0 radical (unpaired) electrons. The molecule has 36 heavy (non-hydrogen) atoms. The minimum Gasteiger partial charge on any atom is -0.383 e. The highest BCUT2D eigenvalue weighted by molar-refractivity contribution is 6.03. The molecule has 0 saturated carbocycles. The van der Waals surface area contributed by atoms with Gasteiger partial charge in [-0.25, -0.2) is 4.98 Å². The monoisotopic (exact) mass is 487 g/mol. The van der Waals surface area contributed by atoms with Gasteiger partial charge in [0.25, 0.3) is 5.91 Å². The number of rotatable bonds is 8. The molecule has 1 aromatic carbocycles. The van der Waals surface area contributed by atoms with Crippen LogP contribution in [0.2, 0.25) is 0 Å². The fraction of sp³-hybridized carbons (Fsp3) is 0.269. The lowest BCUT2D eigenvalue weighted by Crippen LogP contribution is -2.30. The van der Waals surface area contributed by atoms with E-state index in [0.717, 1.165) is 27.6 Å². The van der Waals surface area contributed by atoms with Crippen molar-refractivity contribution in [1.82, 2.24) is 29.5 Å². The smallest absolute Gasteiger partial charge is 0.255 e. The average molecular weight is 488 g/mol. The van der Waals surface area contributed by atoms with Gasteiger partial charge >= 0.3 is 0 Å². The lowest BCUT2D eigenvalue weighted by atomic mass is 9.99. The molecule has 10 heteroatoms. The average Bonchev–Trinajstić information content (AvgIpc) is 3.35. The summed E-state index contributed by atoms with van der Waals surface area (Å²) in [7, 11) is 6.76. The summed E-state index contributed by atoms with van der Waals surface area (Å²) in [6, 6.07) is 9.72. The quantitative estimate of drug-likeness (QED) is 0.406. The van der Waals surface area contributed by atoms with Crippen molar-refractivity contribution in [2.45, 2.75) is 6.54 Å². The Kier molecular flexibility index (Phi) is 7.25. The molecule has 3 aromatic heterocycles. The maximum absolute atomic E-state index is 12.9. The van der Waals surface area contributed by atoms with Gasteiger partial charge in [-0.1, -0.05) is 24.3 Å². The van der Waals surface area contributed by atoms with E-state index >= 15 is 0 Å². The van der Waals surface area contributed by atoms with Crippen molar-refractivity contribution in [2.75, 3.05) is 47.1 Å². The molecule has 4 aromatic rings. The number of hydrogen-bond acceptors (Lipinski definition) is 7. The van der Waals surface area contributed by atoms with Gasteiger partial charge in [0.05, 0.1) is 18.4 Å². The number of nitrogens with two attached hydrogens (primary N) is 1. The van der Waals surface area contributed by atoms with E-state index in [9.17, 15) is 9.59 Å². The Bertz CT molecular complexity index is 1400. The highest BCUT2D eigenvalue weighted by Crippen LogP contribution is 2.32. The van der Waals surface area contributed by atoms with Gasteiger partial charge in [-0.3, -0.25) is 19.3 Å². The first-order valence-electron chi connectivity index (χ1n) is 11.4. The zero-order valence-corrected chi connectivity index (χ0v) is 20.8. The molecule has 0 bridgehead atoms. The van der Waals surface area contributed by atoms with Gasteiger partial charge in [0.2, 0.25) is 5.91 Å². The predicted octanol–water partition coefficient (Wildman–Crippen LogP) is 2.55. The number of anilines is 1. The summed E-state index contributed by atoms with van der Waals surface area (Å²) in [6.07, 6.45) is 6.80. The molecular weight excluding hydrogens is 458 g/mol. The zero-order chi connectivity index (χ0) is 25.8. The zero-order valence-electron chi connectivity index (χ0n) is 20.8. The van der Waals surface area contributed by atoms with Crippen LogP contribution in [0.4, 0.5) is 5.82 Å². The van der Waals surface area contributed by atoms with E-state index in [-0.39, 0.29) is 18.4 Å². The van der Waals surface area contributed by atoms with E-state index in [1.807, 2.05) is 30.5 Å². The van der Waals surface area contributed by atoms with E-state index in [0.29, 0.717) is 30.0 Å². The van der Waals surface area contributed by atoms with Crippen LogP contribution in [0, 0.1) is 0 Å². The summed E-state index contributed by atoms with van der Waals surface area (Å²) >= 11 is 0. The summed E-state index contributed by atoms with van der Waals surface area (Å²) in [5.74, 6) is 0.124. The third-order valence-corrected chi connectivity index (χ3v) is 5.94. The molecule has 0 spiro atoms. The van der Waals surface area contributed by atoms with Crippen LogP contribution < -0.4 is 5.73 Å². The normalized spacial score (nSPS) is 11.0. The van der Waals surface area contributed by atoms with E-state index in [4.69, 9.17) is 10.5 Å². The minimum absolute atomic E-state index is 0.0286. The Morgan fingerprint density at radius 2 is 1.72 bits per heavy atom. The molecule has 0 saturated heterocycles. The molecule has 0 unspecified atom stereocenters. The number of nitrogens with zero attached hydrogens (tertiary/aromatic N) is 6. The molecule has 2 N–H and O–H groups in total. The third kappa shape index (κ3) is 5.18. The number of methoxy groups -OCH3 is 1. The lowest BCUT2D eigenvalue weighted by molar-refractivity contribution is -0.129. The first kappa shape index (κ1) is 24.8. The maximum atomic E-state index is 12.9. The van der Waals surface area contributed by atoms with E-state index in [1.165, 1.54) is 11.1 Å². The second kappa shape index (κ2) is 10.5. The van der Waals surface area contributed by atoms with Crippen molar-refractivity contribution in [3.8, 4) is 22.3 Å². The van der Waals surface area contributed by atoms with Gasteiger partial charge in [0, 0.05) is 69.9 Å². The molecule has 186 valence electrons. The summed E-state index contributed by atoms with van der Waals surface area (Å²) < 4.78 is 6.70. The Morgan fingerprint density at radius 3 is 2.42 bits per heavy atom. The lowest BCUT2D eigenvalue weighted by Gasteiger charge is -2.17. The van der Waals surface area contributed by atoms with E-state index in [1.54, 1.807) is 56.3 Å². The Morgan fingerprint density at radius 1 is 1.00 bits per heavy atom. The predicted molar refractivity (Wildman–Crippen MR) is 138 cm³/mol. The van der Waals surface area contributed by atoms with Crippen LogP contribution >= 0.6 is 0 Å². The summed E-state index contributed by atoms with van der Waals surface area (Å²) in [6.45, 7) is 1.10. The molecular formula is C26H29N7O3. The van der Waals surface area contributed by atoms with Crippen molar-refractivity contribution >= 4 is 28.5 Å². The topological polar surface area (TPSA) is 119 Å². The van der Waals surface area contributed by atoms with Gasteiger partial charge in [0.15, 0.2) is 0 Å². The molecule has 10 nitrogen and oxygen atoms in total. The second-order valence-electron chi connectivity index (χ2n) is 8.69. The van der Waals surface area contributed by atoms with Crippen LogP contribution in [0.5, 0.6) is 0 Å². The van der Waals surface area contributed by atoms with Crippen molar-refractivity contribution in [2.24, 2.45) is 0 Å². The molecule has 0 aliphatic rings. The largest absolute Gasteiger partial charge is 0.383 e. The summed E-state index contributed by atoms with van der Waals surface area (Å²) in [5, 5.41) is 5.04. The number of benzene rings is 1. The number of pyridine rings is 2. The number of ether oxygens (including phenoxy) is 1. The summed E-state index contributed by atoms with van der Waals surface area (Å²) in [4.78, 5) is 36.7. The van der Waals surface area contributed by atoms with Gasteiger partial charge < -0.3 is 20.3 Å². The van der Waals surface area contributed by atoms with Crippen LogP contribution in [-0.2, 0) is 16.1 Å². The first-order chi connectivity index (χ1) is 17.3. The molecule has 0 fully saturated rings. The van der Waals surface area contributed by atoms with Gasteiger partial charge in [-0.15, -0.1) is 0 Å². The maximum Gasteiger partial charge on any atom is 0.255 e. The number of amides is 2. The number of nitrogen functional groups attached to an aromatic ring is 1. The number of fused-ring (bicyclic) bond motifs is 1. The van der Waals surface area contributed by atoms with Crippen molar-refractivity contribution in [3.05, 3.63) is 60.7 Å². The van der Waals surface area contributed by atoms with Crippen LogP contribution in [0.15, 0.2) is 55.1 Å². The summed E-state index contributed by atoms with van der Waals surface area (Å²) in [5.41, 5.74) is 10.7. The van der Waals surface area contributed by atoms with E-state index < -0.39 is 0 Å². The van der Waals surface area contributed by atoms with Gasteiger partial charge in [-0.05, 0) is 17.2 Å². The Balaban J connectivity index is 1.64. The minimum atomic E-state index is -0.150. The fourth-order valence-electron chi connectivity index (χ4n) is 3.76. The van der Waals surface area contributed by atoms with Crippen LogP contribution in [0.1, 0.15) is 10.4 Å². The number of hydrogen-bond donors (Lipinski definition) is 1. The number of likely N-dealkylation sites (N-methyl/N-ethyl adjacent to an activating group) is 2. The highest BCUT2D eigenvalue weighted by Gasteiger charge is 2.16. The molecule has 2 amide bonds. The van der Waals surface area contributed by atoms with Gasteiger partial charge in [0.1, 0.15) is 17.9 Å². The SMILES string of the molecule is COCCN(C)C(=O)c1cnc2c(N)ncc(-c3ccc(-c4cnn(CC(=O)N(C)C)c4)cc3)c2c1. The van der Waals surface area contributed by atoms with Crippen molar-refractivity contribution in [1.29, 1.82) is 0 Å². The first-order valence-corrected chi connectivity index (χ1v) is 11.4. The van der Waals surface area contributed by atoms with Crippen molar-refractivity contribution < 1.29 is 14.3 Å². The standard InChI is InChI=1S/C26H29N7O3/c1-31(2)23(34)16-33-15-20(13-30-33)17-5-7-18(8-6-17)22-14-29-25(27)24-21(22)11-19(12-28-24)26(35)32(3)9-10-36-4/h5-8,11-15H,9-10,16H2,1-4H3,(H2,27,29). The molecule has 0 aliphatic heterocycles. The van der Waals surface area contributed by atoms with Crippen LogP contribution in [0.25, 0.3) is 33.2 Å².